The van der Waals surface area contributed by atoms with Crippen molar-refractivity contribution in [2.75, 3.05) is 6.61 Å². The fourth-order valence-electron chi connectivity index (χ4n) is 2.30. The maximum atomic E-state index is 11.4. The predicted octanol–water partition coefficient (Wildman–Crippen LogP) is 3.82. The van der Waals surface area contributed by atoms with Gasteiger partial charge in [0.25, 0.3) is 0 Å². The summed E-state index contributed by atoms with van der Waals surface area (Å²) in [6.07, 6.45) is 0.674. The number of esters is 1. The van der Waals surface area contributed by atoms with Gasteiger partial charge in [0, 0.05) is 12.0 Å². The van der Waals surface area contributed by atoms with E-state index in [-0.39, 0.29) is 12.6 Å². The Morgan fingerprint density at radius 2 is 1.78 bits per heavy atom. The Morgan fingerprint density at radius 3 is 2.39 bits per heavy atom. The van der Waals surface area contributed by atoms with Crippen LogP contribution in [0.4, 0.5) is 0 Å². The minimum Gasteiger partial charge on any atom is -0.462 e. The van der Waals surface area contributed by atoms with Gasteiger partial charge in [-0.25, -0.2) is 4.79 Å². The molecule has 0 atom stereocenters. The number of carbonyl (C=O) groups excluding carboxylic acids is 1. The number of rotatable bonds is 6. The highest BCUT2D eigenvalue weighted by atomic mass is 16.5. The smallest absolute Gasteiger partial charge is 0.333 e. The van der Waals surface area contributed by atoms with E-state index in [0.29, 0.717) is 18.6 Å². The molecule has 0 radical (unpaired) electrons. The Hall–Kier alpha value is -2.39. The third-order valence-corrected chi connectivity index (χ3v) is 3.77. The van der Waals surface area contributed by atoms with E-state index in [2.05, 4.69) is 31.7 Å². The molecule has 3 heteroatoms. The van der Waals surface area contributed by atoms with Gasteiger partial charge in [0.15, 0.2) is 0 Å². The van der Waals surface area contributed by atoms with Crippen molar-refractivity contribution in [2.45, 2.75) is 26.9 Å². The summed E-state index contributed by atoms with van der Waals surface area (Å²) in [4.78, 5) is 11.4. The summed E-state index contributed by atoms with van der Waals surface area (Å²) >= 11 is 0. The number of aliphatic hydroxyl groups excluding tert-OH is 1. The molecular weight excluding hydrogens is 288 g/mol. The predicted molar refractivity (Wildman–Crippen MR) is 92.0 cm³/mol. The molecule has 0 aliphatic carbocycles. The number of aryl methyl sites for hydroxylation is 1. The topological polar surface area (TPSA) is 46.5 Å². The fourth-order valence-corrected chi connectivity index (χ4v) is 2.30. The van der Waals surface area contributed by atoms with Gasteiger partial charge in [0.05, 0.1) is 13.2 Å². The molecule has 0 amide bonds. The molecule has 0 unspecified atom stereocenters. The Kier molecular flexibility index (Phi) is 5.72. The van der Waals surface area contributed by atoms with E-state index < -0.39 is 0 Å². The molecule has 3 nitrogen and oxygen atoms in total. The van der Waals surface area contributed by atoms with Crippen molar-refractivity contribution in [1.29, 1.82) is 0 Å². The van der Waals surface area contributed by atoms with E-state index >= 15 is 0 Å². The quantitative estimate of drug-likeness (QED) is 0.652. The van der Waals surface area contributed by atoms with Gasteiger partial charge in [-0.15, -0.1) is 0 Å². The molecule has 0 aliphatic rings. The average Bonchev–Trinajstić information content (AvgIpc) is 2.56. The van der Waals surface area contributed by atoms with Gasteiger partial charge in [-0.2, -0.15) is 0 Å². The normalized spacial score (nSPS) is 10.4. The fraction of sp³-hybridized carbons (Fsp3) is 0.250. The molecule has 0 saturated carbocycles. The zero-order chi connectivity index (χ0) is 16.8. The highest BCUT2D eigenvalue weighted by Gasteiger charge is 2.06. The highest BCUT2D eigenvalue weighted by molar-refractivity contribution is 5.86. The molecule has 0 heterocycles. The summed E-state index contributed by atoms with van der Waals surface area (Å²) in [6.45, 7) is 7.66. The van der Waals surface area contributed by atoms with Crippen molar-refractivity contribution in [3.63, 3.8) is 0 Å². The second-order valence-electron chi connectivity index (χ2n) is 5.66. The van der Waals surface area contributed by atoms with Crippen LogP contribution in [-0.2, 0) is 22.6 Å². The van der Waals surface area contributed by atoms with Crippen LogP contribution in [0, 0.1) is 6.92 Å². The highest BCUT2D eigenvalue weighted by Crippen LogP contribution is 2.23. The van der Waals surface area contributed by atoms with Gasteiger partial charge in [0.1, 0.15) is 0 Å². The van der Waals surface area contributed by atoms with Crippen LogP contribution in [0.5, 0.6) is 0 Å². The van der Waals surface area contributed by atoms with E-state index in [0.717, 1.165) is 22.3 Å². The lowest BCUT2D eigenvalue weighted by molar-refractivity contribution is -0.138. The lowest BCUT2D eigenvalue weighted by atomic mass is 9.97. The standard InChI is InChI=1S/C20H22O3/c1-14(2)20(22)23-11-10-18-12-19(7-4-15(18)3)17-8-5-16(13-21)6-9-17/h4-9,12,21H,1,10-11,13H2,2-3H3. The molecular formula is C20H22O3. The average molecular weight is 310 g/mol. The largest absolute Gasteiger partial charge is 0.462 e. The molecule has 0 fully saturated rings. The number of aliphatic hydroxyl groups is 1. The molecule has 0 bridgehead atoms. The summed E-state index contributed by atoms with van der Waals surface area (Å²) in [5.74, 6) is -0.349. The molecule has 0 aliphatic heterocycles. The van der Waals surface area contributed by atoms with Gasteiger partial charge >= 0.3 is 5.97 Å². The van der Waals surface area contributed by atoms with Crippen LogP contribution in [0.25, 0.3) is 11.1 Å². The third-order valence-electron chi connectivity index (χ3n) is 3.77. The zero-order valence-corrected chi connectivity index (χ0v) is 13.6. The Balaban J connectivity index is 2.11. The number of hydrogen-bond donors (Lipinski definition) is 1. The molecule has 2 aromatic carbocycles. The lowest BCUT2D eigenvalue weighted by Crippen LogP contribution is -2.08. The molecule has 2 rings (SSSR count). The van der Waals surface area contributed by atoms with Crippen molar-refractivity contribution < 1.29 is 14.6 Å². The summed E-state index contributed by atoms with van der Waals surface area (Å²) in [5, 5.41) is 9.11. The number of carbonyl (C=O) groups is 1. The van der Waals surface area contributed by atoms with Gasteiger partial charge < -0.3 is 9.84 Å². The van der Waals surface area contributed by atoms with Crippen LogP contribution in [0.3, 0.4) is 0 Å². The SMILES string of the molecule is C=C(C)C(=O)OCCc1cc(-c2ccc(CO)cc2)ccc1C. The van der Waals surface area contributed by atoms with Crippen LogP contribution in [0.15, 0.2) is 54.6 Å². The van der Waals surface area contributed by atoms with Crippen LogP contribution in [0.2, 0.25) is 0 Å². The lowest BCUT2D eigenvalue weighted by Gasteiger charge is -2.10. The zero-order valence-electron chi connectivity index (χ0n) is 13.6. The molecule has 1 N–H and O–H groups in total. The van der Waals surface area contributed by atoms with Gasteiger partial charge in [-0.05, 0) is 41.7 Å². The van der Waals surface area contributed by atoms with Crippen molar-refractivity contribution in [3.05, 3.63) is 71.3 Å². The van der Waals surface area contributed by atoms with E-state index in [9.17, 15) is 4.79 Å². The van der Waals surface area contributed by atoms with Crippen LogP contribution < -0.4 is 0 Å². The Morgan fingerprint density at radius 1 is 1.13 bits per heavy atom. The van der Waals surface area contributed by atoms with Crippen molar-refractivity contribution in [2.24, 2.45) is 0 Å². The monoisotopic (exact) mass is 310 g/mol. The van der Waals surface area contributed by atoms with Crippen LogP contribution >= 0.6 is 0 Å². The Bertz CT molecular complexity index is 699. The van der Waals surface area contributed by atoms with Crippen molar-refractivity contribution in [3.8, 4) is 11.1 Å². The Labute approximate surface area is 137 Å². The van der Waals surface area contributed by atoms with Gasteiger partial charge in [0.2, 0.25) is 0 Å². The van der Waals surface area contributed by atoms with Crippen LogP contribution in [-0.4, -0.2) is 17.7 Å². The second kappa shape index (κ2) is 7.75. The second-order valence-corrected chi connectivity index (χ2v) is 5.66. The van der Waals surface area contributed by atoms with Crippen molar-refractivity contribution >= 4 is 5.97 Å². The first-order chi connectivity index (χ1) is 11.0. The molecule has 120 valence electrons. The first kappa shape index (κ1) is 17.0. The summed E-state index contributed by atoms with van der Waals surface area (Å²) in [5.41, 5.74) is 5.85. The third kappa shape index (κ3) is 4.54. The van der Waals surface area contributed by atoms with Gasteiger partial charge in [-0.3, -0.25) is 0 Å². The number of hydrogen-bond acceptors (Lipinski definition) is 3. The summed E-state index contributed by atoms with van der Waals surface area (Å²) < 4.78 is 5.17. The molecule has 0 saturated heterocycles. The minimum atomic E-state index is -0.349. The maximum Gasteiger partial charge on any atom is 0.333 e. The summed E-state index contributed by atoms with van der Waals surface area (Å²) in [7, 11) is 0. The van der Waals surface area contributed by atoms with E-state index in [4.69, 9.17) is 9.84 Å². The minimum absolute atomic E-state index is 0.0491. The molecule has 23 heavy (non-hydrogen) atoms. The first-order valence-electron chi connectivity index (χ1n) is 7.63. The molecule has 0 spiro atoms. The van der Waals surface area contributed by atoms with E-state index in [1.807, 2.05) is 24.3 Å². The molecule has 2 aromatic rings. The number of benzene rings is 2. The first-order valence-corrected chi connectivity index (χ1v) is 7.63. The maximum absolute atomic E-state index is 11.4. The van der Waals surface area contributed by atoms with Crippen LogP contribution in [0.1, 0.15) is 23.6 Å². The van der Waals surface area contributed by atoms with E-state index in [1.54, 1.807) is 6.92 Å². The van der Waals surface area contributed by atoms with Crippen molar-refractivity contribution in [1.82, 2.24) is 0 Å². The van der Waals surface area contributed by atoms with E-state index in [1.165, 1.54) is 5.56 Å². The number of ether oxygens (including phenoxy) is 1. The van der Waals surface area contributed by atoms with Gasteiger partial charge in [-0.1, -0.05) is 49.0 Å². The summed E-state index contributed by atoms with van der Waals surface area (Å²) in [6, 6.07) is 14.1. The molecule has 0 aromatic heterocycles.